The van der Waals surface area contributed by atoms with Crippen molar-refractivity contribution in [3.63, 3.8) is 0 Å². The van der Waals surface area contributed by atoms with Crippen molar-refractivity contribution in [2.75, 3.05) is 0 Å². The van der Waals surface area contributed by atoms with Crippen LogP contribution in [0.5, 0.6) is 0 Å². The van der Waals surface area contributed by atoms with Crippen molar-refractivity contribution in [3.8, 4) is 22.9 Å². The second-order valence-electron chi connectivity index (χ2n) is 6.62. The number of hydrogen-bond donors (Lipinski definition) is 0. The highest BCUT2D eigenvalue weighted by Crippen LogP contribution is 2.13. The molecule has 0 aliphatic rings. The van der Waals surface area contributed by atoms with Gasteiger partial charge in [-0.2, -0.15) is 0 Å². The Balaban J connectivity index is 4.82. The standard InChI is InChI=1S/C13H24Si2/c1-13(2,9-11-14(3,4)5)10-12-15(6,7)8/h1-8H3. The third-order valence-electron chi connectivity index (χ3n) is 1.50. The molecule has 0 atom stereocenters. The zero-order chi connectivity index (χ0) is 12.3. The Morgan fingerprint density at radius 1 is 0.667 bits per heavy atom. The lowest BCUT2D eigenvalue weighted by atomic mass is 9.97. The molecule has 0 nitrogen and oxygen atoms in total. The van der Waals surface area contributed by atoms with Crippen molar-refractivity contribution in [2.45, 2.75) is 53.1 Å². The molecule has 15 heavy (non-hydrogen) atoms. The summed E-state index contributed by atoms with van der Waals surface area (Å²) in [5, 5.41) is 0. The Labute approximate surface area is 97.9 Å². The fourth-order valence-electron chi connectivity index (χ4n) is 0.719. The maximum atomic E-state index is 3.40. The van der Waals surface area contributed by atoms with Crippen molar-refractivity contribution >= 4 is 16.1 Å². The van der Waals surface area contributed by atoms with Gasteiger partial charge in [-0.25, -0.2) is 0 Å². The van der Waals surface area contributed by atoms with Crippen LogP contribution in [-0.2, 0) is 0 Å². The summed E-state index contributed by atoms with van der Waals surface area (Å²) in [6, 6.07) is 0. The average Bonchev–Trinajstić information content (AvgIpc) is 1.96. The second kappa shape index (κ2) is 4.60. The molecule has 0 aromatic carbocycles. The van der Waals surface area contributed by atoms with Crippen molar-refractivity contribution in [1.82, 2.24) is 0 Å². The van der Waals surface area contributed by atoms with Gasteiger partial charge in [0.2, 0.25) is 0 Å². The molecule has 0 N–H and O–H groups in total. The molecule has 0 rings (SSSR count). The first-order valence-electron chi connectivity index (χ1n) is 5.50. The zero-order valence-electron chi connectivity index (χ0n) is 11.5. The number of rotatable bonds is 0. The summed E-state index contributed by atoms with van der Waals surface area (Å²) in [5.74, 6) is 6.66. The van der Waals surface area contributed by atoms with Gasteiger partial charge in [0.1, 0.15) is 16.1 Å². The van der Waals surface area contributed by atoms with Gasteiger partial charge in [0, 0.05) is 0 Å². The van der Waals surface area contributed by atoms with Gasteiger partial charge in [-0.3, -0.25) is 0 Å². The van der Waals surface area contributed by atoms with E-state index in [-0.39, 0.29) is 5.41 Å². The second-order valence-corrected chi connectivity index (χ2v) is 16.1. The minimum absolute atomic E-state index is 0.138. The summed E-state index contributed by atoms with van der Waals surface area (Å²) in [7, 11) is -2.52. The minimum atomic E-state index is -1.26. The van der Waals surface area contributed by atoms with Crippen molar-refractivity contribution in [3.05, 3.63) is 0 Å². The van der Waals surface area contributed by atoms with Gasteiger partial charge in [-0.1, -0.05) is 51.1 Å². The highest BCUT2D eigenvalue weighted by Gasteiger charge is 2.15. The van der Waals surface area contributed by atoms with Crippen LogP contribution >= 0.6 is 0 Å². The van der Waals surface area contributed by atoms with Crippen LogP contribution in [0.4, 0.5) is 0 Å². The van der Waals surface area contributed by atoms with Gasteiger partial charge in [-0.05, 0) is 13.8 Å². The van der Waals surface area contributed by atoms with E-state index >= 15 is 0 Å². The quantitative estimate of drug-likeness (QED) is 0.444. The first-order chi connectivity index (χ1) is 6.41. The molecule has 0 amide bonds. The Morgan fingerprint density at radius 3 is 1.13 bits per heavy atom. The molecule has 84 valence electrons. The molecule has 0 spiro atoms. The molecule has 0 heterocycles. The van der Waals surface area contributed by atoms with Crippen molar-refractivity contribution in [1.29, 1.82) is 0 Å². The van der Waals surface area contributed by atoms with E-state index in [2.05, 4.69) is 76.1 Å². The SMILES string of the molecule is CC(C)(C#C[Si](C)(C)C)C#C[Si](C)(C)C. The molecule has 2 heteroatoms. The van der Waals surface area contributed by atoms with Gasteiger partial charge < -0.3 is 0 Å². The summed E-state index contributed by atoms with van der Waals surface area (Å²) in [6.45, 7) is 17.8. The van der Waals surface area contributed by atoms with E-state index in [1.807, 2.05) is 0 Å². The van der Waals surface area contributed by atoms with Crippen LogP contribution in [0, 0.1) is 28.3 Å². The summed E-state index contributed by atoms with van der Waals surface area (Å²) in [4.78, 5) is 0. The van der Waals surface area contributed by atoms with E-state index in [1.54, 1.807) is 0 Å². The fourth-order valence-corrected chi connectivity index (χ4v) is 2.09. The highest BCUT2D eigenvalue weighted by atomic mass is 28.3. The smallest absolute Gasteiger partial charge is 0.129 e. The molecule has 0 saturated heterocycles. The molecular weight excluding hydrogens is 212 g/mol. The first kappa shape index (κ1) is 14.6. The van der Waals surface area contributed by atoms with Gasteiger partial charge in [0.25, 0.3) is 0 Å². The predicted octanol–water partition coefficient (Wildman–Crippen LogP) is 3.77. The molecule has 0 saturated carbocycles. The predicted molar refractivity (Wildman–Crippen MR) is 76.0 cm³/mol. The topological polar surface area (TPSA) is 0 Å². The van der Waals surface area contributed by atoms with Crippen molar-refractivity contribution < 1.29 is 0 Å². The summed E-state index contributed by atoms with van der Waals surface area (Å²) in [6.07, 6.45) is 0. The normalized spacial score (nSPS) is 12.3. The third kappa shape index (κ3) is 9.85. The van der Waals surface area contributed by atoms with Crippen LogP contribution < -0.4 is 0 Å². The summed E-state index contributed by atoms with van der Waals surface area (Å²) >= 11 is 0. The fraction of sp³-hybridized carbons (Fsp3) is 0.692. The van der Waals surface area contributed by atoms with E-state index in [0.717, 1.165) is 0 Å². The van der Waals surface area contributed by atoms with E-state index < -0.39 is 16.1 Å². The summed E-state index contributed by atoms with van der Waals surface area (Å²) in [5.41, 5.74) is 6.66. The minimum Gasteiger partial charge on any atom is -0.130 e. The zero-order valence-corrected chi connectivity index (χ0v) is 13.5. The van der Waals surface area contributed by atoms with Gasteiger partial charge >= 0.3 is 0 Å². The Kier molecular flexibility index (Phi) is 4.46. The van der Waals surface area contributed by atoms with E-state index in [1.165, 1.54) is 0 Å². The Morgan fingerprint density at radius 2 is 0.933 bits per heavy atom. The van der Waals surface area contributed by atoms with Gasteiger partial charge in [0.05, 0.1) is 5.41 Å². The molecule has 0 aromatic heterocycles. The maximum Gasteiger partial charge on any atom is 0.129 e. The van der Waals surface area contributed by atoms with Crippen LogP contribution in [0.2, 0.25) is 39.3 Å². The molecule has 0 radical (unpaired) electrons. The average molecular weight is 237 g/mol. The molecule has 0 aromatic rings. The summed E-state index contributed by atoms with van der Waals surface area (Å²) < 4.78 is 0. The van der Waals surface area contributed by atoms with E-state index in [9.17, 15) is 0 Å². The first-order valence-corrected chi connectivity index (χ1v) is 12.5. The third-order valence-corrected chi connectivity index (χ3v) is 3.25. The maximum absolute atomic E-state index is 3.40. The van der Waals surface area contributed by atoms with Crippen LogP contribution in [0.25, 0.3) is 0 Å². The van der Waals surface area contributed by atoms with Crippen LogP contribution in [0.3, 0.4) is 0 Å². The Bertz CT molecular complexity index is 295. The van der Waals surface area contributed by atoms with Gasteiger partial charge in [-0.15, -0.1) is 11.1 Å². The van der Waals surface area contributed by atoms with Gasteiger partial charge in [0.15, 0.2) is 0 Å². The molecule has 0 aliphatic heterocycles. The molecular formula is C13H24Si2. The van der Waals surface area contributed by atoms with E-state index in [4.69, 9.17) is 0 Å². The monoisotopic (exact) mass is 236 g/mol. The van der Waals surface area contributed by atoms with Crippen LogP contribution in [-0.4, -0.2) is 16.1 Å². The molecule has 0 bridgehead atoms. The Hall–Kier alpha value is -0.446. The lowest BCUT2D eigenvalue weighted by Gasteiger charge is -2.13. The molecule has 0 fully saturated rings. The van der Waals surface area contributed by atoms with E-state index in [0.29, 0.717) is 0 Å². The lowest BCUT2D eigenvalue weighted by Crippen LogP contribution is -2.20. The van der Waals surface area contributed by atoms with Crippen LogP contribution in [0.15, 0.2) is 0 Å². The highest BCUT2D eigenvalue weighted by molar-refractivity contribution is 6.84. The largest absolute Gasteiger partial charge is 0.130 e. The van der Waals surface area contributed by atoms with Crippen molar-refractivity contribution in [2.24, 2.45) is 5.41 Å². The molecule has 0 aliphatic carbocycles. The van der Waals surface area contributed by atoms with Crippen LogP contribution in [0.1, 0.15) is 13.8 Å². The number of hydrogen-bond acceptors (Lipinski definition) is 0. The lowest BCUT2D eigenvalue weighted by molar-refractivity contribution is 0.686. The molecule has 0 unspecified atom stereocenters.